The second kappa shape index (κ2) is 5.22. The molecule has 1 aromatic carbocycles. The lowest BCUT2D eigenvalue weighted by Gasteiger charge is -2.49. The largest absolute Gasteiger partial charge is 0.496 e. The van der Waals surface area contributed by atoms with E-state index < -0.39 is 5.72 Å². The van der Waals surface area contributed by atoms with E-state index in [0.717, 1.165) is 11.3 Å². The van der Waals surface area contributed by atoms with Crippen LogP contribution in [0.4, 0.5) is 0 Å². The number of hydrogen-bond acceptors (Lipinski definition) is 3. The lowest BCUT2D eigenvalue weighted by molar-refractivity contribution is -0.0922. The predicted molar refractivity (Wildman–Crippen MR) is 83.6 cm³/mol. The molecule has 0 spiro atoms. The van der Waals surface area contributed by atoms with Gasteiger partial charge in [0.2, 0.25) is 0 Å². The fourth-order valence-electron chi connectivity index (χ4n) is 2.80. The molecule has 110 valence electrons. The van der Waals surface area contributed by atoms with Crippen molar-refractivity contribution in [2.45, 2.75) is 45.0 Å². The van der Waals surface area contributed by atoms with E-state index in [1.807, 2.05) is 43.0 Å². The molecule has 0 bridgehead atoms. The number of ether oxygens (including phenoxy) is 1. The number of para-hydroxylation sites is 1. The number of aliphatic hydroxyl groups is 1. The van der Waals surface area contributed by atoms with Gasteiger partial charge in [0.25, 0.3) is 0 Å². The van der Waals surface area contributed by atoms with E-state index in [4.69, 9.17) is 17.0 Å². The fourth-order valence-corrected chi connectivity index (χ4v) is 3.34. The maximum Gasteiger partial charge on any atom is 0.171 e. The molecule has 5 heteroatoms. The van der Waals surface area contributed by atoms with Crippen LogP contribution >= 0.6 is 12.2 Å². The maximum absolute atomic E-state index is 10.7. The molecule has 0 saturated carbocycles. The van der Waals surface area contributed by atoms with E-state index in [2.05, 4.69) is 5.32 Å². The van der Waals surface area contributed by atoms with Crippen molar-refractivity contribution in [1.82, 2.24) is 10.2 Å². The standard InChI is InChI=1S/C15H22N2O2S/c1-14(2)10-15(3,18)17(13(20)16-14)9-11-7-5-6-8-12(11)19-4/h5-8,18H,9-10H2,1-4H3,(H,16,20). The van der Waals surface area contributed by atoms with Crippen molar-refractivity contribution in [3.8, 4) is 5.75 Å². The first-order valence-corrected chi connectivity index (χ1v) is 7.10. The summed E-state index contributed by atoms with van der Waals surface area (Å²) in [7, 11) is 1.65. The van der Waals surface area contributed by atoms with Crippen molar-refractivity contribution in [2.24, 2.45) is 0 Å². The number of hydrogen-bond donors (Lipinski definition) is 2. The second-order valence-corrected chi connectivity index (χ2v) is 6.49. The second-order valence-electron chi connectivity index (χ2n) is 6.11. The third kappa shape index (κ3) is 3.04. The topological polar surface area (TPSA) is 44.7 Å². The Morgan fingerprint density at radius 2 is 2.00 bits per heavy atom. The Labute approximate surface area is 125 Å². The van der Waals surface area contributed by atoms with Gasteiger partial charge in [-0.2, -0.15) is 0 Å². The van der Waals surface area contributed by atoms with Crippen LogP contribution < -0.4 is 10.1 Å². The third-order valence-electron chi connectivity index (χ3n) is 3.57. The Morgan fingerprint density at radius 1 is 1.35 bits per heavy atom. The minimum absolute atomic E-state index is 0.210. The van der Waals surface area contributed by atoms with Crippen LogP contribution in [0, 0.1) is 0 Å². The fraction of sp³-hybridized carbons (Fsp3) is 0.533. The monoisotopic (exact) mass is 294 g/mol. The van der Waals surface area contributed by atoms with Crippen LogP contribution in [-0.2, 0) is 6.54 Å². The number of thiocarbonyl (C=S) groups is 1. The highest BCUT2D eigenvalue weighted by atomic mass is 32.1. The van der Waals surface area contributed by atoms with Gasteiger partial charge in [-0.15, -0.1) is 0 Å². The summed E-state index contributed by atoms with van der Waals surface area (Å²) in [5.41, 5.74) is -0.191. The van der Waals surface area contributed by atoms with E-state index in [1.165, 1.54) is 0 Å². The van der Waals surface area contributed by atoms with Gasteiger partial charge < -0.3 is 20.1 Å². The van der Waals surface area contributed by atoms with Crippen molar-refractivity contribution in [1.29, 1.82) is 0 Å². The normalized spacial score (nSPS) is 25.2. The molecular formula is C15H22N2O2S. The molecule has 0 amide bonds. The average molecular weight is 294 g/mol. The molecule has 20 heavy (non-hydrogen) atoms. The zero-order valence-electron chi connectivity index (χ0n) is 12.4. The van der Waals surface area contributed by atoms with Gasteiger partial charge >= 0.3 is 0 Å². The molecule has 0 aromatic heterocycles. The van der Waals surface area contributed by atoms with Crippen molar-refractivity contribution in [3.63, 3.8) is 0 Å². The number of benzene rings is 1. The first-order chi connectivity index (χ1) is 9.25. The number of nitrogens with zero attached hydrogens (tertiary/aromatic N) is 1. The Morgan fingerprint density at radius 3 is 2.60 bits per heavy atom. The van der Waals surface area contributed by atoms with Gasteiger partial charge in [-0.1, -0.05) is 18.2 Å². The Balaban J connectivity index is 2.26. The van der Waals surface area contributed by atoms with Crippen LogP contribution in [0.1, 0.15) is 32.8 Å². The number of rotatable bonds is 3. The molecule has 1 atom stereocenters. The van der Waals surface area contributed by atoms with E-state index in [-0.39, 0.29) is 5.54 Å². The van der Waals surface area contributed by atoms with Gasteiger partial charge in [-0.25, -0.2) is 0 Å². The average Bonchev–Trinajstić information content (AvgIpc) is 2.32. The van der Waals surface area contributed by atoms with E-state index in [0.29, 0.717) is 18.1 Å². The minimum Gasteiger partial charge on any atom is -0.496 e. The lowest BCUT2D eigenvalue weighted by Crippen LogP contribution is -2.65. The molecule has 1 unspecified atom stereocenters. The van der Waals surface area contributed by atoms with Crippen LogP contribution in [0.3, 0.4) is 0 Å². The van der Waals surface area contributed by atoms with Gasteiger partial charge in [0.1, 0.15) is 11.5 Å². The molecule has 0 aliphatic carbocycles. The summed E-state index contributed by atoms with van der Waals surface area (Å²) >= 11 is 5.42. The smallest absolute Gasteiger partial charge is 0.171 e. The molecule has 1 fully saturated rings. The number of methoxy groups -OCH3 is 1. The van der Waals surface area contributed by atoms with Crippen LogP contribution in [-0.4, -0.2) is 33.5 Å². The summed E-state index contributed by atoms with van der Waals surface area (Å²) in [6, 6.07) is 7.78. The minimum atomic E-state index is -0.979. The van der Waals surface area contributed by atoms with Crippen molar-refractivity contribution in [3.05, 3.63) is 29.8 Å². The molecule has 1 heterocycles. The summed E-state index contributed by atoms with van der Waals surface area (Å²) in [4.78, 5) is 1.81. The first-order valence-electron chi connectivity index (χ1n) is 6.69. The third-order valence-corrected chi connectivity index (χ3v) is 3.89. The molecular weight excluding hydrogens is 272 g/mol. The highest BCUT2D eigenvalue weighted by molar-refractivity contribution is 7.80. The van der Waals surface area contributed by atoms with Crippen LogP contribution in [0.2, 0.25) is 0 Å². The van der Waals surface area contributed by atoms with Gasteiger partial charge in [-0.05, 0) is 39.1 Å². The Hall–Kier alpha value is -1.33. The Bertz CT molecular complexity index is 514. The molecule has 0 radical (unpaired) electrons. The quantitative estimate of drug-likeness (QED) is 0.837. The zero-order chi connectivity index (χ0) is 15.0. The van der Waals surface area contributed by atoms with Crippen LogP contribution in [0.25, 0.3) is 0 Å². The Kier molecular flexibility index (Phi) is 3.93. The lowest BCUT2D eigenvalue weighted by atomic mass is 9.90. The van der Waals surface area contributed by atoms with E-state index in [1.54, 1.807) is 14.0 Å². The van der Waals surface area contributed by atoms with Crippen LogP contribution in [0.15, 0.2) is 24.3 Å². The summed E-state index contributed by atoms with van der Waals surface area (Å²) in [5, 5.41) is 14.6. The maximum atomic E-state index is 10.7. The van der Waals surface area contributed by atoms with Gasteiger partial charge in [0.05, 0.1) is 13.7 Å². The van der Waals surface area contributed by atoms with E-state index >= 15 is 0 Å². The van der Waals surface area contributed by atoms with Crippen molar-refractivity contribution >= 4 is 17.3 Å². The summed E-state index contributed by atoms with van der Waals surface area (Å²) in [5.74, 6) is 0.802. The summed E-state index contributed by atoms with van der Waals surface area (Å²) in [6.07, 6.45) is 0.593. The summed E-state index contributed by atoms with van der Waals surface area (Å²) < 4.78 is 5.36. The zero-order valence-corrected chi connectivity index (χ0v) is 13.3. The molecule has 1 aliphatic heterocycles. The number of nitrogens with one attached hydrogen (secondary N) is 1. The van der Waals surface area contributed by atoms with Gasteiger partial charge in [-0.3, -0.25) is 0 Å². The summed E-state index contributed by atoms with van der Waals surface area (Å²) in [6.45, 7) is 6.39. The van der Waals surface area contributed by atoms with Crippen molar-refractivity contribution < 1.29 is 9.84 Å². The predicted octanol–water partition coefficient (Wildman–Crippen LogP) is 2.26. The molecule has 4 nitrogen and oxygen atoms in total. The SMILES string of the molecule is COc1ccccc1CN1C(=S)NC(C)(C)CC1(C)O. The van der Waals surface area contributed by atoms with E-state index in [9.17, 15) is 5.11 Å². The molecule has 1 aliphatic rings. The van der Waals surface area contributed by atoms with Crippen molar-refractivity contribution in [2.75, 3.05) is 7.11 Å². The molecule has 2 N–H and O–H groups in total. The van der Waals surface area contributed by atoms with Crippen LogP contribution in [0.5, 0.6) is 5.75 Å². The highest BCUT2D eigenvalue weighted by Crippen LogP contribution is 2.32. The molecule has 2 rings (SSSR count). The molecule has 1 aromatic rings. The van der Waals surface area contributed by atoms with Gasteiger partial charge in [0, 0.05) is 17.5 Å². The highest BCUT2D eigenvalue weighted by Gasteiger charge is 2.42. The van der Waals surface area contributed by atoms with Gasteiger partial charge in [0.15, 0.2) is 5.11 Å². The first kappa shape index (κ1) is 15.1. The molecule has 1 saturated heterocycles.